The summed E-state index contributed by atoms with van der Waals surface area (Å²) in [5, 5.41) is 5.67. The summed E-state index contributed by atoms with van der Waals surface area (Å²) in [5.41, 5.74) is 1.57. The summed E-state index contributed by atoms with van der Waals surface area (Å²) in [6.45, 7) is 6.95. The van der Waals surface area contributed by atoms with Crippen molar-refractivity contribution in [3.8, 4) is 0 Å². The smallest absolute Gasteiger partial charge is 0.0124 e. The van der Waals surface area contributed by atoms with Crippen molar-refractivity contribution in [2.75, 3.05) is 13.1 Å². The Morgan fingerprint density at radius 2 is 2.38 bits per heavy atom. The summed E-state index contributed by atoms with van der Waals surface area (Å²) in [7, 11) is 0. The van der Waals surface area contributed by atoms with Gasteiger partial charge in [-0.05, 0) is 35.9 Å². The van der Waals surface area contributed by atoms with E-state index in [0.29, 0.717) is 5.92 Å². The van der Waals surface area contributed by atoms with Gasteiger partial charge in [0.25, 0.3) is 0 Å². The first-order valence-corrected chi connectivity index (χ1v) is 5.95. The van der Waals surface area contributed by atoms with Crippen LogP contribution < -0.4 is 5.32 Å². The van der Waals surface area contributed by atoms with E-state index in [1.54, 1.807) is 10.4 Å². The standard InChI is InChI=1S/C11H17NS/c1-8(2)10-4-6-13-11(10)9-3-5-12-7-9/h4,6,8-9,12H,3,5,7H2,1-2H3. The highest BCUT2D eigenvalue weighted by Crippen LogP contribution is 2.34. The summed E-state index contributed by atoms with van der Waals surface area (Å²) < 4.78 is 0. The van der Waals surface area contributed by atoms with Gasteiger partial charge in [0.05, 0.1) is 0 Å². The third-order valence-corrected chi connectivity index (χ3v) is 3.88. The molecule has 1 aliphatic rings. The van der Waals surface area contributed by atoms with Crippen LogP contribution in [-0.4, -0.2) is 13.1 Å². The van der Waals surface area contributed by atoms with E-state index in [-0.39, 0.29) is 0 Å². The van der Waals surface area contributed by atoms with Crippen molar-refractivity contribution in [1.29, 1.82) is 0 Å². The molecule has 1 nitrogen and oxygen atoms in total. The predicted molar refractivity (Wildman–Crippen MR) is 58.6 cm³/mol. The molecule has 1 aromatic heterocycles. The molecule has 0 aromatic carbocycles. The maximum absolute atomic E-state index is 3.43. The van der Waals surface area contributed by atoms with Gasteiger partial charge in [0.15, 0.2) is 0 Å². The first-order valence-electron chi connectivity index (χ1n) is 5.07. The Balaban J connectivity index is 2.23. The Bertz CT molecular complexity index is 271. The molecule has 1 aromatic rings. The molecule has 13 heavy (non-hydrogen) atoms. The molecule has 0 spiro atoms. The second-order valence-electron chi connectivity index (χ2n) is 4.08. The summed E-state index contributed by atoms with van der Waals surface area (Å²) in [6.07, 6.45) is 1.32. The van der Waals surface area contributed by atoms with Crippen molar-refractivity contribution in [3.05, 3.63) is 21.9 Å². The zero-order valence-electron chi connectivity index (χ0n) is 8.34. The fourth-order valence-electron chi connectivity index (χ4n) is 2.02. The van der Waals surface area contributed by atoms with E-state index >= 15 is 0 Å². The van der Waals surface area contributed by atoms with Crippen LogP contribution in [0.25, 0.3) is 0 Å². The lowest BCUT2D eigenvalue weighted by atomic mass is 9.97. The van der Waals surface area contributed by atoms with Crippen molar-refractivity contribution in [1.82, 2.24) is 5.32 Å². The van der Waals surface area contributed by atoms with E-state index in [1.807, 2.05) is 11.3 Å². The van der Waals surface area contributed by atoms with Gasteiger partial charge in [-0.25, -0.2) is 0 Å². The van der Waals surface area contributed by atoms with Crippen LogP contribution in [0.5, 0.6) is 0 Å². The largest absolute Gasteiger partial charge is 0.316 e. The second-order valence-corrected chi connectivity index (χ2v) is 5.03. The Kier molecular flexibility index (Phi) is 2.70. The molecule has 1 unspecified atom stereocenters. The van der Waals surface area contributed by atoms with Crippen molar-refractivity contribution in [3.63, 3.8) is 0 Å². The average Bonchev–Trinajstić information content (AvgIpc) is 2.74. The minimum Gasteiger partial charge on any atom is -0.316 e. The van der Waals surface area contributed by atoms with E-state index in [0.717, 1.165) is 5.92 Å². The van der Waals surface area contributed by atoms with Crippen LogP contribution in [-0.2, 0) is 0 Å². The molecule has 1 fully saturated rings. The molecule has 2 heterocycles. The molecule has 0 radical (unpaired) electrons. The van der Waals surface area contributed by atoms with Crippen LogP contribution in [0.3, 0.4) is 0 Å². The van der Waals surface area contributed by atoms with Crippen LogP contribution in [0.15, 0.2) is 11.4 Å². The second kappa shape index (κ2) is 3.81. The molecule has 0 saturated carbocycles. The molecule has 0 amide bonds. The third kappa shape index (κ3) is 1.79. The molecule has 2 heteroatoms. The van der Waals surface area contributed by atoms with Crippen molar-refractivity contribution < 1.29 is 0 Å². The fourth-order valence-corrected chi connectivity index (χ4v) is 3.21. The molecule has 1 atom stereocenters. The lowest BCUT2D eigenvalue weighted by molar-refractivity contribution is 0.749. The summed E-state index contributed by atoms with van der Waals surface area (Å²) in [4.78, 5) is 1.63. The van der Waals surface area contributed by atoms with Crippen molar-refractivity contribution in [2.24, 2.45) is 0 Å². The third-order valence-electron chi connectivity index (χ3n) is 2.78. The summed E-state index contributed by atoms with van der Waals surface area (Å²) in [6, 6.07) is 2.29. The van der Waals surface area contributed by atoms with E-state index in [2.05, 4.69) is 30.6 Å². The maximum Gasteiger partial charge on any atom is 0.0124 e. The number of nitrogens with one attached hydrogen (secondary N) is 1. The van der Waals surface area contributed by atoms with E-state index in [4.69, 9.17) is 0 Å². The molecule has 72 valence electrons. The van der Waals surface area contributed by atoms with Crippen LogP contribution in [0, 0.1) is 0 Å². The van der Waals surface area contributed by atoms with Crippen LogP contribution in [0.4, 0.5) is 0 Å². The molecule has 1 aliphatic heterocycles. The Hall–Kier alpha value is -0.340. The van der Waals surface area contributed by atoms with Crippen LogP contribution >= 0.6 is 11.3 Å². The zero-order chi connectivity index (χ0) is 9.26. The Morgan fingerprint density at radius 3 is 3.00 bits per heavy atom. The molecule has 0 bridgehead atoms. The van der Waals surface area contributed by atoms with Crippen LogP contribution in [0.2, 0.25) is 0 Å². The predicted octanol–water partition coefficient (Wildman–Crippen LogP) is 2.95. The van der Waals surface area contributed by atoms with Gasteiger partial charge in [-0.2, -0.15) is 0 Å². The molecule has 1 saturated heterocycles. The molecular formula is C11H17NS. The number of hydrogen-bond donors (Lipinski definition) is 1. The normalized spacial score (nSPS) is 22.8. The first-order chi connectivity index (χ1) is 6.29. The van der Waals surface area contributed by atoms with E-state index < -0.39 is 0 Å². The molecule has 1 N–H and O–H groups in total. The SMILES string of the molecule is CC(C)c1ccsc1C1CCNC1. The number of hydrogen-bond acceptors (Lipinski definition) is 2. The monoisotopic (exact) mass is 195 g/mol. The highest BCUT2D eigenvalue weighted by molar-refractivity contribution is 7.10. The number of thiophene rings is 1. The average molecular weight is 195 g/mol. The van der Waals surface area contributed by atoms with Gasteiger partial charge in [-0.1, -0.05) is 13.8 Å². The van der Waals surface area contributed by atoms with Crippen LogP contribution in [0.1, 0.15) is 42.5 Å². The first kappa shape index (κ1) is 9.22. The highest BCUT2D eigenvalue weighted by Gasteiger charge is 2.21. The summed E-state index contributed by atoms with van der Waals surface area (Å²) in [5.74, 6) is 1.47. The van der Waals surface area contributed by atoms with Gasteiger partial charge in [-0.3, -0.25) is 0 Å². The minimum absolute atomic E-state index is 0.682. The quantitative estimate of drug-likeness (QED) is 0.765. The van der Waals surface area contributed by atoms with Crippen molar-refractivity contribution in [2.45, 2.75) is 32.1 Å². The highest BCUT2D eigenvalue weighted by atomic mass is 32.1. The molecule has 0 aliphatic carbocycles. The topological polar surface area (TPSA) is 12.0 Å². The van der Waals surface area contributed by atoms with Gasteiger partial charge in [0.2, 0.25) is 0 Å². The molecular weight excluding hydrogens is 178 g/mol. The summed E-state index contributed by atoms with van der Waals surface area (Å²) >= 11 is 1.94. The fraction of sp³-hybridized carbons (Fsp3) is 0.636. The zero-order valence-corrected chi connectivity index (χ0v) is 9.16. The van der Waals surface area contributed by atoms with E-state index in [1.165, 1.54) is 19.5 Å². The maximum atomic E-state index is 3.43. The van der Waals surface area contributed by atoms with Gasteiger partial charge >= 0.3 is 0 Å². The van der Waals surface area contributed by atoms with Crippen molar-refractivity contribution >= 4 is 11.3 Å². The minimum atomic E-state index is 0.682. The Morgan fingerprint density at radius 1 is 1.54 bits per heavy atom. The lowest BCUT2D eigenvalue weighted by Gasteiger charge is -2.11. The van der Waals surface area contributed by atoms with Gasteiger partial charge in [-0.15, -0.1) is 11.3 Å². The van der Waals surface area contributed by atoms with E-state index in [9.17, 15) is 0 Å². The van der Waals surface area contributed by atoms with Gasteiger partial charge < -0.3 is 5.32 Å². The molecule has 2 rings (SSSR count). The van der Waals surface area contributed by atoms with Gasteiger partial charge in [0.1, 0.15) is 0 Å². The van der Waals surface area contributed by atoms with Gasteiger partial charge in [0, 0.05) is 17.3 Å². The number of rotatable bonds is 2. The lowest BCUT2D eigenvalue weighted by Crippen LogP contribution is -2.08. The Labute approximate surface area is 84.2 Å².